The lowest BCUT2D eigenvalue weighted by Crippen LogP contribution is -1.99. The summed E-state index contributed by atoms with van der Waals surface area (Å²) in [5, 5.41) is 4.05. The van der Waals surface area contributed by atoms with E-state index in [1.807, 2.05) is 42.6 Å². The van der Waals surface area contributed by atoms with Crippen LogP contribution >= 0.6 is 0 Å². The van der Waals surface area contributed by atoms with E-state index in [0.29, 0.717) is 17.2 Å². The van der Waals surface area contributed by atoms with Gasteiger partial charge in [0.05, 0.1) is 11.2 Å². The van der Waals surface area contributed by atoms with Gasteiger partial charge in [0.25, 0.3) is 0 Å². The van der Waals surface area contributed by atoms with Crippen molar-refractivity contribution in [3.8, 4) is 11.1 Å². The van der Waals surface area contributed by atoms with Crippen molar-refractivity contribution < 1.29 is 4.79 Å². The zero-order valence-electron chi connectivity index (χ0n) is 14.2. The predicted molar refractivity (Wildman–Crippen MR) is 103 cm³/mol. The van der Waals surface area contributed by atoms with Crippen molar-refractivity contribution in [1.82, 2.24) is 15.0 Å². The molecule has 0 bridgehead atoms. The lowest BCUT2D eigenvalue weighted by molar-refractivity contribution is 0.112. The molecule has 2 aromatic carbocycles. The summed E-state index contributed by atoms with van der Waals surface area (Å²) in [5.41, 5.74) is 5.43. The van der Waals surface area contributed by atoms with E-state index < -0.39 is 0 Å². The molecular formula is C21H16N4O. The molecule has 5 nitrogen and oxygen atoms in total. The maximum absolute atomic E-state index is 11.1. The van der Waals surface area contributed by atoms with Crippen molar-refractivity contribution in [3.63, 3.8) is 0 Å². The number of carbonyl (C=O) groups excluding carboxylic acids is 1. The minimum atomic E-state index is 0.456. The lowest BCUT2D eigenvalue weighted by Gasteiger charge is -2.09. The summed E-state index contributed by atoms with van der Waals surface area (Å²) in [6.45, 7) is 2.06. The van der Waals surface area contributed by atoms with Gasteiger partial charge in [0, 0.05) is 35.1 Å². The third-order valence-electron chi connectivity index (χ3n) is 4.26. The smallest absolute Gasteiger partial charge is 0.227 e. The summed E-state index contributed by atoms with van der Waals surface area (Å²) >= 11 is 0. The molecule has 4 rings (SSSR count). The number of hydrogen-bond donors (Lipinski definition) is 1. The number of benzene rings is 2. The first-order valence-corrected chi connectivity index (χ1v) is 8.23. The number of nitrogens with one attached hydrogen (secondary N) is 1. The highest BCUT2D eigenvalue weighted by Gasteiger charge is 2.07. The van der Waals surface area contributed by atoms with Crippen molar-refractivity contribution in [3.05, 3.63) is 78.2 Å². The van der Waals surface area contributed by atoms with Crippen LogP contribution in [0.1, 0.15) is 15.9 Å². The Kier molecular flexibility index (Phi) is 4.11. The molecule has 2 aromatic heterocycles. The number of aldehydes is 1. The van der Waals surface area contributed by atoms with Crippen molar-refractivity contribution in [2.24, 2.45) is 0 Å². The highest BCUT2D eigenvalue weighted by molar-refractivity contribution is 5.87. The van der Waals surface area contributed by atoms with Crippen molar-refractivity contribution in [2.45, 2.75) is 6.92 Å². The fourth-order valence-corrected chi connectivity index (χ4v) is 2.86. The van der Waals surface area contributed by atoms with Crippen molar-refractivity contribution >= 4 is 28.8 Å². The van der Waals surface area contributed by atoms with Crippen LogP contribution in [0.4, 0.5) is 11.6 Å². The Bertz CT molecular complexity index is 1110. The number of pyridine rings is 1. The normalized spacial score (nSPS) is 10.7. The first-order valence-electron chi connectivity index (χ1n) is 8.23. The molecule has 0 aliphatic heterocycles. The van der Waals surface area contributed by atoms with Crippen molar-refractivity contribution in [1.29, 1.82) is 0 Å². The van der Waals surface area contributed by atoms with E-state index in [1.165, 1.54) is 5.56 Å². The standard InChI is InChI=1S/C21H16N4O/c1-14-8-9-22-12-18(14)15-6-7-20-17(10-15)11-23-21(25-20)24-19-5-3-2-4-16(19)13-26/h2-13H,1H3,(H,23,24,25). The number of fused-ring (bicyclic) bond motifs is 1. The van der Waals surface area contributed by atoms with Gasteiger partial charge in [0.15, 0.2) is 6.29 Å². The van der Waals surface area contributed by atoms with Crippen LogP contribution in [0.15, 0.2) is 67.1 Å². The zero-order valence-corrected chi connectivity index (χ0v) is 14.2. The Morgan fingerprint density at radius 2 is 1.92 bits per heavy atom. The zero-order chi connectivity index (χ0) is 17.9. The van der Waals surface area contributed by atoms with E-state index >= 15 is 0 Å². The maximum Gasteiger partial charge on any atom is 0.227 e. The Labute approximate surface area is 150 Å². The summed E-state index contributed by atoms with van der Waals surface area (Å²) in [4.78, 5) is 24.3. The fraction of sp³-hybridized carbons (Fsp3) is 0.0476. The molecule has 0 spiro atoms. The van der Waals surface area contributed by atoms with Crippen LogP contribution in [0.3, 0.4) is 0 Å². The second kappa shape index (κ2) is 6.72. The molecule has 0 aliphatic rings. The minimum absolute atomic E-state index is 0.456. The van der Waals surface area contributed by atoms with E-state index in [0.717, 1.165) is 28.3 Å². The van der Waals surface area contributed by atoms with Gasteiger partial charge in [-0.05, 0) is 48.4 Å². The second-order valence-electron chi connectivity index (χ2n) is 5.99. The molecular weight excluding hydrogens is 324 g/mol. The molecule has 0 saturated carbocycles. The molecule has 0 radical (unpaired) electrons. The fourth-order valence-electron chi connectivity index (χ4n) is 2.86. The summed E-state index contributed by atoms with van der Waals surface area (Å²) in [6, 6.07) is 15.3. The van der Waals surface area contributed by atoms with E-state index in [2.05, 4.69) is 33.3 Å². The number of carbonyl (C=O) groups is 1. The molecule has 5 heteroatoms. The lowest BCUT2D eigenvalue weighted by atomic mass is 10.0. The average Bonchev–Trinajstić information content (AvgIpc) is 2.68. The van der Waals surface area contributed by atoms with Crippen LogP contribution in [0.2, 0.25) is 0 Å². The number of hydrogen-bond acceptors (Lipinski definition) is 5. The predicted octanol–water partition coefficient (Wildman–Crippen LogP) is 4.56. The monoisotopic (exact) mass is 340 g/mol. The molecule has 4 aromatic rings. The Morgan fingerprint density at radius 3 is 2.77 bits per heavy atom. The number of rotatable bonds is 4. The van der Waals surface area contributed by atoms with Gasteiger partial charge in [0.2, 0.25) is 5.95 Å². The van der Waals surface area contributed by atoms with Gasteiger partial charge in [-0.3, -0.25) is 9.78 Å². The van der Waals surface area contributed by atoms with Gasteiger partial charge in [-0.1, -0.05) is 18.2 Å². The Balaban J connectivity index is 1.69. The second-order valence-corrected chi connectivity index (χ2v) is 5.99. The Hall–Kier alpha value is -3.60. The number of para-hydroxylation sites is 1. The third-order valence-corrected chi connectivity index (χ3v) is 4.26. The maximum atomic E-state index is 11.1. The van der Waals surface area contributed by atoms with Crippen LogP contribution in [-0.2, 0) is 0 Å². The van der Waals surface area contributed by atoms with Gasteiger partial charge in [-0.15, -0.1) is 0 Å². The summed E-state index contributed by atoms with van der Waals surface area (Å²) < 4.78 is 0. The summed E-state index contributed by atoms with van der Waals surface area (Å²) in [7, 11) is 0. The molecule has 26 heavy (non-hydrogen) atoms. The van der Waals surface area contributed by atoms with Gasteiger partial charge >= 0.3 is 0 Å². The van der Waals surface area contributed by atoms with Crippen molar-refractivity contribution in [2.75, 3.05) is 5.32 Å². The third kappa shape index (κ3) is 3.02. The molecule has 2 heterocycles. The van der Waals surface area contributed by atoms with E-state index in [9.17, 15) is 4.79 Å². The van der Waals surface area contributed by atoms with E-state index in [4.69, 9.17) is 0 Å². The van der Waals surface area contributed by atoms with Gasteiger partial charge in [-0.25, -0.2) is 9.97 Å². The van der Waals surface area contributed by atoms with Crippen LogP contribution in [-0.4, -0.2) is 21.2 Å². The highest BCUT2D eigenvalue weighted by Crippen LogP contribution is 2.26. The first kappa shape index (κ1) is 15.9. The minimum Gasteiger partial charge on any atom is -0.323 e. The largest absolute Gasteiger partial charge is 0.323 e. The Morgan fingerprint density at radius 1 is 1.04 bits per heavy atom. The molecule has 126 valence electrons. The van der Waals surface area contributed by atoms with Crippen LogP contribution in [0, 0.1) is 6.92 Å². The quantitative estimate of drug-likeness (QED) is 0.552. The van der Waals surface area contributed by atoms with Crippen LogP contribution < -0.4 is 5.32 Å². The van der Waals surface area contributed by atoms with Crippen LogP contribution in [0.5, 0.6) is 0 Å². The molecule has 1 N–H and O–H groups in total. The van der Waals surface area contributed by atoms with Crippen LogP contribution in [0.25, 0.3) is 22.0 Å². The first-order chi connectivity index (χ1) is 12.7. The highest BCUT2D eigenvalue weighted by atomic mass is 16.1. The topological polar surface area (TPSA) is 67.8 Å². The number of anilines is 2. The molecule has 0 amide bonds. The number of aryl methyl sites for hydroxylation is 1. The number of nitrogens with zero attached hydrogens (tertiary/aromatic N) is 3. The molecule has 0 fully saturated rings. The van der Waals surface area contributed by atoms with Gasteiger partial charge in [0.1, 0.15) is 0 Å². The SMILES string of the molecule is Cc1ccncc1-c1ccc2nc(Nc3ccccc3C=O)ncc2c1. The molecule has 0 unspecified atom stereocenters. The van der Waals surface area contributed by atoms with Gasteiger partial charge in [-0.2, -0.15) is 0 Å². The summed E-state index contributed by atoms with van der Waals surface area (Å²) in [6.07, 6.45) is 6.25. The van der Waals surface area contributed by atoms with Gasteiger partial charge < -0.3 is 5.32 Å². The molecule has 0 aliphatic carbocycles. The molecule has 0 saturated heterocycles. The summed E-state index contributed by atoms with van der Waals surface area (Å²) in [5.74, 6) is 0.456. The number of aromatic nitrogens is 3. The molecule has 0 atom stereocenters. The van der Waals surface area contributed by atoms with E-state index in [1.54, 1.807) is 18.5 Å². The van der Waals surface area contributed by atoms with E-state index in [-0.39, 0.29) is 0 Å². The average molecular weight is 340 g/mol.